The van der Waals surface area contributed by atoms with Gasteiger partial charge in [0.2, 0.25) is 0 Å². The predicted octanol–water partition coefficient (Wildman–Crippen LogP) is 2.00. The average Bonchev–Trinajstić information content (AvgIpc) is 3.68. The highest BCUT2D eigenvalue weighted by molar-refractivity contribution is 5.97. The van der Waals surface area contributed by atoms with Crippen molar-refractivity contribution in [2.75, 3.05) is 70.0 Å². The van der Waals surface area contributed by atoms with Gasteiger partial charge in [0.05, 0.1) is 46.2 Å². The molecule has 2 fully saturated rings. The Morgan fingerprint density at radius 1 is 0.907 bits per heavy atom. The second-order valence-electron chi connectivity index (χ2n) is 11.3. The van der Waals surface area contributed by atoms with Crippen LogP contribution in [0.15, 0.2) is 23.3 Å². The molecule has 0 radical (unpaired) electrons. The van der Waals surface area contributed by atoms with Crippen LogP contribution in [0.25, 0.3) is 0 Å². The van der Waals surface area contributed by atoms with Crippen LogP contribution < -0.4 is 21.5 Å². The molecule has 2 aromatic rings. The molecule has 0 atom stereocenters. The van der Waals surface area contributed by atoms with Gasteiger partial charge in [-0.3, -0.25) is 14.2 Å². The van der Waals surface area contributed by atoms with E-state index in [-0.39, 0.29) is 24.7 Å². The summed E-state index contributed by atoms with van der Waals surface area (Å²) >= 11 is 0. The van der Waals surface area contributed by atoms with Gasteiger partial charge in [-0.25, -0.2) is 14.8 Å². The first-order valence-electron chi connectivity index (χ1n) is 14.8. The van der Waals surface area contributed by atoms with Crippen LogP contribution in [0.1, 0.15) is 54.6 Å². The number of carbonyl (C=O) groups excluding carboxylic acids is 1. The van der Waals surface area contributed by atoms with E-state index in [4.69, 9.17) is 24.1 Å². The molecule has 0 aromatic carbocycles. The van der Waals surface area contributed by atoms with Gasteiger partial charge >= 0.3 is 5.97 Å². The largest absolute Gasteiger partial charge is 0.480 e. The number of aryl methyl sites for hydroxylation is 1. The van der Waals surface area contributed by atoms with E-state index in [9.17, 15) is 14.4 Å². The minimum absolute atomic E-state index is 0.179. The first-order valence-corrected chi connectivity index (χ1v) is 14.8. The number of carbonyl (C=O) groups is 2. The van der Waals surface area contributed by atoms with Gasteiger partial charge in [0.1, 0.15) is 41.6 Å². The highest BCUT2D eigenvalue weighted by atomic mass is 16.6. The molecule has 5 rings (SSSR count). The zero-order chi connectivity index (χ0) is 30.3. The SMILES string of the molecule is Cc1cc(Nc2cc(NCCOCCOCCOCCOCC(=O)O)ncn2)c(=O)n2c1C(=O)NC21CCC2(CC2)CC1. The van der Waals surface area contributed by atoms with Crippen molar-refractivity contribution in [3.05, 3.63) is 40.1 Å². The van der Waals surface area contributed by atoms with Crippen LogP contribution >= 0.6 is 0 Å². The second kappa shape index (κ2) is 13.8. The van der Waals surface area contributed by atoms with Crippen molar-refractivity contribution in [3.63, 3.8) is 0 Å². The molecular weight excluding hydrogens is 560 g/mol. The lowest BCUT2D eigenvalue weighted by Gasteiger charge is -2.39. The fourth-order valence-electron chi connectivity index (χ4n) is 5.80. The van der Waals surface area contributed by atoms with E-state index in [1.807, 2.05) is 6.92 Å². The fourth-order valence-corrected chi connectivity index (χ4v) is 5.80. The van der Waals surface area contributed by atoms with Gasteiger partial charge in [-0.2, -0.15) is 0 Å². The van der Waals surface area contributed by atoms with E-state index in [0.717, 1.165) is 31.2 Å². The molecule has 2 saturated carbocycles. The highest BCUT2D eigenvalue weighted by Crippen LogP contribution is 2.59. The van der Waals surface area contributed by atoms with Crippen molar-refractivity contribution in [1.82, 2.24) is 19.9 Å². The number of nitrogens with zero attached hydrogens (tertiary/aromatic N) is 3. The summed E-state index contributed by atoms with van der Waals surface area (Å²) in [6, 6.07) is 3.44. The molecule has 2 aliphatic carbocycles. The first kappa shape index (κ1) is 30.9. The molecule has 0 bridgehead atoms. The minimum atomic E-state index is -1.01. The number of hydrogen-bond donors (Lipinski definition) is 4. The number of carboxylic acid groups (broad SMARTS) is 1. The molecule has 3 aliphatic rings. The number of aliphatic carboxylic acids is 1. The Hall–Kier alpha value is -3.59. The zero-order valence-corrected chi connectivity index (χ0v) is 24.5. The molecule has 14 heteroatoms. The summed E-state index contributed by atoms with van der Waals surface area (Å²) in [5, 5.41) is 18.0. The summed E-state index contributed by atoms with van der Waals surface area (Å²) in [5.41, 5.74) is 1.10. The molecule has 1 amide bonds. The number of amides is 1. The Bertz CT molecular complexity index is 1350. The Labute approximate surface area is 249 Å². The number of ether oxygens (including phenoxy) is 4. The maximum absolute atomic E-state index is 13.7. The van der Waals surface area contributed by atoms with Gasteiger partial charge in [-0.05, 0) is 62.5 Å². The van der Waals surface area contributed by atoms with Crippen molar-refractivity contribution in [2.45, 2.75) is 51.1 Å². The van der Waals surface area contributed by atoms with Crippen molar-refractivity contribution < 1.29 is 33.6 Å². The van der Waals surface area contributed by atoms with Crippen LogP contribution in [0, 0.1) is 12.3 Å². The van der Waals surface area contributed by atoms with Gasteiger partial charge < -0.3 is 40.0 Å². The van der Waals surface area contributed by atoms with E-state index in [1.54, 1.807) is 16.7 Å². The summed E-state index contributed by atoms with van der Waals surface area (Å²) in [6.45, 7) is 4.62. The number of pyridine rings is 1. The lowest BCUT2D eigenvalue weighted by Crippen LogP contribution is -2.50. The normalized spacial score (nSPS) is 17.6. The number of anilines is 3. The van der Waals surface area contributed by atoms with Gasteiger partial charge in [0.25, 0.3) is 11.5 Å². The molecule has 2 spiro atoms. The molecule has 0 unspecified atom stereocenters. The number of rotatable bonds is 17. The standard InChI is InChI=1S/C29H40N6O8/c1-20-16-21(27(39)35-25(20)26(38)34-29(35)6-4-28(2-3-28)5-7-29)33-23-17-22(31-19-32-23)30-8-9-40-10-11-41-12-13-42-14-15-43-18-24(36)37/h16-17,19H,2-15,18H2,1H3,(H,34,38)(H,36,37)(H2,30,31,32,33). The van der Waals surface area contributed by atoms with Crippen LogP contribution in [0.5, 0.6) is 0 Å². The third-order valence-electron chi connectivity index (χ3n) is 8.30. The second-order valence-corrected chi connectivity index (χ2v) is 11.3. The smallest absolute Gasteiger partial charge is 0.329 e. The van der Waals surface area contributed by atoms with Gasteiger partial charge in [0, 0.05) is 12.6 Å². The number of carboxylic acids is 1. The molecule has 3 heterocycles. The van der Waals surface area contributed by atoms with Crippen LogP contribution in [0.3, 0.4) is 0 Å². The fraction of sp³-hybridized carbons (Fsp3) is 0.621. The lowest BCUT2D eigenvalue weighted by molar-refractivity contribution is -0.142. The number of aromatic nitrogens is 3. The van der Waals surface area contributed by atoms with Gasteiger partial charge in [-0.15, -0.1) is 0 Å². The molecular formula is C29H40N6O8. The zero-order valence-electron chi connectivity index (χ0n) is 24.5. The molecule has 43 heavy (non-hydrogen) atoms. The number of fused-ring (bicyclic) bond motifs is 2. The van der Waals surface area contributed by atoms with E-state index < -0.39 is 11.6 Å². The first-order chi connectivity index (χ1) is 20.8. The van der Waals surface area contributed by atoms with Crippen LogP contribution in [-0.2, 0) is 29.4 Å². The van der Waals surface area contributed by atoms with E-state index in [1.165, 1.54) is 19.2 Å². The molecule has 234 valence electrons. The summed E-state index contributed by atoms with van der Waals surface area (Å²) in [4.78, 5) is 45.5. The van der Waals surface area contributed by atoms with Gasteiger partial charge in [-0.1, -0.05) is 0 Å². The van der Waals surface area contributed by atoms with Crippen LogP contribution in [0.4, 0.5) is 17.3 Å². The maximum Gasteiger partial charge on any atom is 0.329 e. The molecule has 14 nitrogen and oxygen atoms in total. The highest BCUT2D eigenvalue weighted by Gasteiger charge is 2.54. The summed E-state index contributed by atoms with van der Waals surface area (Å²) in [5.74, 6) is -0.143. The summed E-state index contributed by atoms with van der Waals surface area (Å²) < 4.78 is 22.8. The molecule has 2 aromatic heterocycles. The average molecular weight is 601 g/mol. The number of hydrogen-bond acceptors (Lipinski definition) is 11. The van der Waals surface area contributed by atoms with Gasteiger partial charge in [0.15, 0.2) is 0 Å². The quantitative estimate of drug-likeness (QED) is 0.195. The predicted molar refractivity (Wildman–Crippen MR) is 156 cm³/mol. The topological polar surface area (TPSA) is 175 Å². The molecule has 4 N–H and O–H groups in total. The Kier molecular flexibility index (Phi) is 9.90. The van der Waals surface area contributed by atoms with Crippen molar-refractivity contribution >= 4 is 29.2 Å². The van der Waals surface area contributed by atoms with E-state index in [0.29, 0.717) is 74.6 Å². The summed E-state index contributed by atoms with van der Waals surface area (Å²) in [7, 11) is 0. The van der Waals surface area contributed by atoms with Crippen LogP contribution in [-0.4, -0.2) is 90.9 Å². The van der Waals surface area contributed by atoms with Crippen molar-refractivity contribution in [2.24, 2.45) is 5.41 Å². The third kappa shape index (κ3) is 7.68. The molecule has 0 saturated heterocycles. The summed E-state index contributed by atoms with van der Waals surface area (Å²) in [6.07, 6.45) is 7.50. The van der Waals surface area contributed by atoms with Crippen molar-refractivity contribution in [1.29, 1.82) is 0 Å². The molecule has 1 aliphatic heterocycles. The Morgan fingerprint density at radius 3 is 2.16 bits per heavy atom. The minimum Gasteiger partial charge on any atom is -0.480 e. The Morgan fingerprint density at radius 2 is 1.51 bits per heavy atom. The third-order valence-corrected chi connectivity index (χ3v) is 8.30. The van der Waals surface area contributed by atoms with E-state index in [2.05, 4.69) is 25.9 Å². The lowest BCUT2D eigenvalue weighted by atomic mass is 9.79. The maximum atomic E-state index is 13.7. The number of nitrogens with one attached hydrogen (secondary N) is 3. The Balaban J connectivity index is 1.05. The van der Waals surface area contributed by atoms with Crippen LogP contribution in [0.2, 0.25) is 0 Å². The monoisotopic (exact) mass is 600 g/mol. The van der Waals surface area contributed by atoms with E-state index >= 15 is 0 Å². The van der Waals surface area contributed by atoms with Crippen molar-refractivity contribution in [3.8, 4) is 0 Å².